The number of benzene rings is 2. The Kier molecular flexibility index (Phi) is 4.34. The number of hydrogen-bond acceptors (Lipinski definition) is 4. The molecule has 0 aliphatic rings. The zero-order valence-electron chi connectivity index (χ0n) is 12.1. The lowest BCUT2D eigenvalue weighted by Crippen LogP contribution is -1.99. The molecule has 0 saturated heterocycles. The summed E-state index contributed by atoms with van der Waals surface area (Å²) in [6, 6.07) is 16.9. The number of ether oxygens (including phenoxy) is 1. The Morgan fingerprint density at radius 1 is 1.09 bits per heavy atom. The first-order valence-electron chi connectivity index (χ1n) is 6.79. The second-order valence-electron chi connectivity index (χ2n) is 4.65. The van der Waals surface area contributed by atoms with Crippen LogP contribution in [0, 0.1) is 0 Å². The minimum atomic E-state index is -1.24. The zero-order valence-corrected chi connectivity index (χ0v) is 12.9. The third-order valence-corrected chi connectivity index (χ3v) is 4.55. The molecule has 1 aromatic heterocycles. The summed E-state index contributed by atoms with van der Waals surface area (Å²) in [5, 5.41) is 0. The van der Waals surface area contributed by atoms with Crippen molar-refractivity contribution in [1.82, 2.24) is 4.98 Å². The second kappa shape index (κ2) is 6.58. The van der Waals surface area contributed by atoms with Crippen molar-refractivity contribution in [2.45, 2.75) is 10.6 Å². The Balaban J connectivity index is 1.79. The minimum Gasteiger partial charge on any atom is -0.495 e. The van der Waals surface area contributed by atoms with Crippen LogP contribution >= 0.6 is 0 Å². The van der Waals surface area contributed by atoms with Gasteiger partial charge in [-0.05, 0) is 24.3 Å². The van der Waals surface area contributed by atoms with Crippen molar-refractivity contribution in [2.24, 2.45) is 0 Å². The van der Waals surface area contributed by atoms with E-state index in [2.05, 4.69) is 4.98 Å². The summed E-state index contributed by atoms with van der Waals surface area (Å²) in [7, 11) is 0.333. The van der Waals surface area contributed by atoms with E-state index in [9.17, 15) is 4.21 Å². The van der Waals surface area contributed by atoms with E-state index in [0.717, 1.165) is 5.56 Å². The summed E-state index contributed by atoms with van der Waals surface area (Å²) in [5.41, 5.74) is 1.56. The maximum absolute atomic E-state index is 12.5. The molecule has 1 atom stereocenters. The van der Waals surface area contributed by atoms with Gasteiger partial charge in [0.15, 0.2) is 0 Å². The number of hydrogen-bond donors (Lipinski definition) is 0. The van der Waals surface area contributed by atoms with Crippen LogP contribution in [0.4, 0.5) is 0 Å². The van der Waals surface area contributed by atoms with Gasteiger partial charge in [-0.2, -0.15) is 0 Å². The van der Waals surface area contributed by atoms with E-state index >= 15 is 0 Å². The Morgan fingerprint density at radius 3 is 2.59 bits per heavy atom. The van der Waals surface area contributed by atoms with Gasteiger partial charge < -0.3 is 9.15 Å². The van der Waals surface area contributed by atoms with Gasteiger partial charge in [0, 0.05) is 5.56 Å². The van der Waals surface area contributed by atoms with Crippen LogP contribution in [-0.2, 0) is 16.6 Å². The third-order valence-electron chi connectivity index (χ3n) is 3.17. The predicted octanol–water partition coefficient (Wildman–Crippen LogP) is 3.66. The molecule has 22 heavy (non-hydrogen) atoms. The van der Waals surface area contributed by atoms with Gasteiger partial charge >= 0.3 is 0 Å². The van der Waals surface area contributed by atoms with E-state index in [1.165, 1.54) is 0 Å². The zero-order chi connectivity index (χ0) is 15.4. The van der Waals surface area contributed by atoms with Crippen LogP contribution in [0.2, 0.25) is 0 Å². The Bertz CT molecular complexity index is 783. The van der Waals surface area contributed by atoms with Crippen LogP contribution in [0.25, 0.3) is 11.5 Å². The third kappa shape index (κ3) is 3.09. The highest BCUT2D eigenvalue weighted by molar-refractivity contribution is 7.84. The number of aromatic nitrogens is 1. The SMILES string of the molecule is COc1ccccc1[S@](=O)Cc1coc(-c2ccccc2)n1. The van der Waals surface area contributed by atoms with Crippen LogP contribution < -0.4 is 4.74 Å². The Hall–Kier alpha value is -2.40. The Morgan fingerprint density at radius 2 is 1.82 bits per heavy atom. The van der Waals surface area contributed by atoms with Crippen LogP contribution in [-0.4, -0.2) is 16.3 Å². The highest BCUT2D eigenvalue weighted by atomic mass is 32.2. The standard InChI is InChI=1S/C17H15NO3S/c1-20-15-9-5-6-10-16(15)22(19)12-14-11-21-17(18-14)13-7-3-2-4-8-13/h2-11H,12H2,1H3/t22-/m1/s1. The van der Waals surface area contributed by atoms with Crippen LogP contribution in [0.1, 0.15) is 5.69 Å². The largest absolute Gasteiger partial charge is 0.495 e. The van der Waals surface area contributed by atoms with Gasteiger partial charge in [-0.3, -0.25) is 4.21 Å². The van der Waals surface area contributed by atoms with Crippen molar-refractivity contribution < 1.29 is 13.4 Å². The highest BCUT2D eigenvalue weighted by Crippen LogP contribution is 2.24. The van der Waals surface area contributed by atoms with Crippen LogP contribution in [0.3, 0.4) is 0 Å². The molecule has 0 fully saturated rings. The van der Waals surface area contributed by atoms with E-state index in [4.69, 9.17) is 9.15 Å². The molecular weight excluding hydrogens is 298 g/mol. The molecule has 0 spiro atoms. The number of nitrogens with zero attached hydrogens (tertiary/aromatic N) is 1. The molecule has 3 rings (SSSR count). The molecular formula is C17H15NO3S. The maximum atomic E-state index is 12.5. The fraction of sp³-hybridized carbons (Fsp3) is 0.118. The van der Waals surface area contributed by atoms with Crippen molar-refractivity contribution in [3.63, 3.8) is 0 Å². The van der Waals surface area contributed by atoms with Crippen molar-refractivity contribution in [2.75, 3.05) is 7.11 Å². The lowest BCUT2D eigenvalue weighted by atomic mass is 10.2. The number of methoxy groups -OCH3 is 1. The fourth-order valence-electron chi connectivity index (χ4n) is 2.11. The predicted molar refractivity (Wildman–Crippen MR) is 85.0 cm³/mol. The molecule has 0 N–H and O–H groups in total. The van der Waals surface area contributed by atoms with Crippen molar-refractivity contribution in [3.05, 3.63) is 66.6 Å². The Labute approximate surface area is 131 Å². The van der Waals surface area contributed by atoms with Gasteiger partial charge in [0.1, 0.15) is 12.0 Å². The van der Waals surface area contributed by atoms with E-state index in [1.807, 2.05) is 42.5 Å². The molecule has 112 valence electrons. The quantitative estimate of drug-likeness (QED) is 0.721. The second-order valence-corrected chi connectivity index (χ2v) is 6.07. The van der Waals surface area contributed by atoms with Gasteiger partial charge in [-0.25, -0.2) is 4.98 Å². The number of oxazole rings is 1. The van der Waals surface area contributed by atoms with Crippen LogP contribution in [0.5, 0.6) is 5.75 Å². The van der Waals surface area contributed by atoms with Gasteiger partial charge in [0.05, 0.1) is 34.3 Å². The van der Waals surface area contributed by atoms with Crippen molar-refractivity contribution in [3.8, 4) is 17.2 Å². The molecule has 0 unspecified atom stereocenters. The summed E-state index contributed by atoms with van der Waals surface area (Å²) in [4.78, 5) is 5.06. The van der Waals surface area contributed by atoms with Crippen LogP contribution in [0.15, 0.2) is 70.2 Å². The average molecular weight is 313 g/mol. The molecule has 0 amide bonds. The summed E-state index contributed by atoms with van der Waals surface area (Å²) < 4.78 is 23.2. The lowest BCUT2D eigenvalue weighted by Gasteiger charge is -2.06. The first-order valence-corrected chi connectivity index (χ1v) is 8.11. The summed E-state index contributed by atoms with van der Waals surface area (Å²) in [6.45, 7) is 0. The van der Waals surface area contributed by atoms with E-state index in [-0.39, 0.29) is 5.75 Å². The smallest absolute Gasteiger partial charge is 0.226 e. The van der Waals surface area contributed by atoms with Gasteiger partial charge in [0.25, 0.3) is 0 Å². The molecule has 0 radical (unpaired) electrons. The molecule has 1 heterocycles. The van der Waals surface area contributed by atoms with Crippen molar-refractivity contribution >= 4 is 10.8 Å². The molecule has 0 aliphatic heterocycles. The highest BCUT2D eigenvalue weighted by Gasteiger charge is 2.14. The normalized spacial score (nSPS) is 12.0. The lowest BCUT2D eigenvalue weighted by molar-refractivity contribution is 0.404. The van der Waals surface area contributed by atoms with Crippen molar-refractivity contribution in [1.29, 1.82) is 0 Å². The molecule has 0 aliphatic carbocycles. The first-order chi connectivity index (χ1) is 10.8. The molecule has 5 heteroatoms. The van der Waals surface area contributed by atoms with E-state index in [0.29, 0.717) is 22.2 Å². The molecule has 3 aromatic rings. The summed E-state index contributed by atoms with van der Waals surface area (Å²) >= 11 is 0. The number of para-hydroxylation sites is 1. The number of rotatable bonds is 5. The monoisotopic (exact) mass is 313 g/mol. The molecule has 2 aromatic carbocycles. The summed E-state index contributed by atoms with van der Waals surface area (Å²) in [5.74, 6) is 1.44. The van der Waals surface area contributed by atoms with Gasteiger partial charge in [0.2, 0.25) is 5.89 Å². The van der Waals surface area contributed by atoms with E-state index < -0.39 is 10.8 Å². The van der Waals surface area contributed by atoms with Gasteiger partial charge in [-0.15, -0.1) is 0 Å². The average Bonchev–Trinajstić information content (AvgIpc) is 3.04. The van der Waals surface area contributed by atoms with E-state index in [1.54, 1.807) is 25.5 Å². The topological polar surface area (TPSA) is 52.3 Å². The minimum absolute atomic E-state index is 0.288. The van der Waals surface area contributed by atoms with Gasteiger partial charge in [-0.1, -0.05) is 30.3 Å². The first kappa shape index (κ1) is 14.5. The fourth-order valence-corrected chi connectivity index (χ4v) is 3.27. The molecule has 0 bridgehead atoms. The molecule has 4 nitrogen and oxygen atoms in total. The maximum Gasteiger partial charge on any atom is 0.226 e. The molecule has 0 saturated carbocycles. The summed E-state index contributed by atoms with van der Waals surface area (Å²) in [6.07, 6.45) is 1.55.